The van der Waals surface area contributed by atoms with Gasteiger partial charge < -0.3 is 26.4 Å². The topological polar surface area (TPSA) is 166 Å². The highest BCUT2D eigenvalue weighted by Gasteiger charge is 2.32. The van der Waals surface area contributed by atoms with Crippen LogP contribution < -0.4 is 21.3 Å². The van der Waals surface area contributed by atoms with Crippen molar-refractivity contribution in [1.82, 2.24) is 10.6 Å². The smallest absolute Gasteiger partial charge is 0.303 e. The van der Waals surface area contributed by atoms with E-state index in [1.54, 1.807) is 36.4 Å². The number of carbonyl (C=O) groups is 4. The highest BCUT2D eigenvalue weighted by atomic mass is 32.2. The predicted octanol–water partition coefficient (Wildman–Crippen LogP) is 1.47. The summed E-state index contributed by atoms with van der Waals surface area (Å²) >= 11 is 1.42. The fourth-order valence-corrected chi connectivity index (χ4v) is 4.55. The normalized spacial score (nSPS) is 15.0. The monoisotopic (exact) mass is 497 g/mol. The zero-order chi connectivity index (χ0) is 25.4. The Morgan fingerprint density at radius 3 is 2.46 bits per heavy atom. The van der Waals surface area contributed by atoms with Gasteiger partial charge in [0.05, 0.1) is 12.1 Å². The Morgan fingerprint density at radius 1 is 1.06 bits per heavy atom. The van der Waals surface area contributed by atoms with Crippen molar-refractivity contribution in [2.45, 2.75) is 36.7 Å². The number of nitrogens with zero attached hydrogens (tertiary/aromatic N) is 1. The average Bonchev–Trinajstić information content (AvgIpc) is 2.97. The van der Waals surface area contributed by atoms with E-state index in [1.165, 1.54) is 16.7 Å². The van der Waals surface area contributed by atoms with Crippen LogP contribution in [-0.4, -0.2) is 53.0 Å². The molecule has 35 heavy (non-hydrogen) atoms. The summed E-state index contributed by atoms with van der Waals surface area (Å²) in [5.41, 5.74) is 7.56. The van der Waals surface area contributed by atoms with E-state index in [-0.39, 0.29) is 43.5 Å². The van der Waals surface area contributed by atoms with Gasteiger partial charge in [-0.2, -0.15) is 0 Å². The van der Waals surface area contributed by atoms with Crippen LogP contribution in [0.1, 0.15) is 30.4 Å². The molecular weight excluding hydrogens is 470 g/mol. The number of fused-ring (bicyclic) bond motifs is 1. The Balaban J connectivity index is 1.62. The van der Waals surface area contributed by atoms with E-state index in [0.717, 1.165) is 10.5 Å². The van der Waals surface area contributed by atoms with Crippen LogP contribution in [0.5, 0.6) is 0 Å². The molecule has 184 valence electrons. The van der Waals surface area contributed by atoms with Crippen molar-refractivity contribution >= 4 is 47.0 Å². The predicted molar refractivity (Wildman–Crippen MR) is 132 cm³/mol. The summed E-state index contributed by atoms with van der Waals surface area (Å²) in [6.45, 7) is 0.409. The van der Waals surface area contributed by atoms with Crippen molar-refractivity contribution < 1.29 is 24.3 Å². The summed E-state index contributed by atoms with van der Waals surface area (Å²) < 4.78 is 0. The summed E-state index contributed by atoms with van der Waals surface area (Å²) in [6.07, 6.45) is -0.482. The Hall–Kier alpha value is -3.86. The number of nitrogens with one attached hydrogen (secondary N) is 3. The van der Waals surface area contributed by atoms with Gasteiger partial charge in [0.15, 0.2) is 0 Å². The van der Waals surface area contributed by atoms with Crippen molar-refractivity contribution in [3.8, 4) is 0 Å². The number of rotatable bonds is 10. The van der Waals surface area contributed by atoms with Gasteiger partial charge in [-0.05, 0) is 17.7 Å². The van der Waals surface area contributed by atoms with E-state index >= 15 is 0 Å². The maximum atomic E-state index is 13.3. The number of anilines is 1. The van der Waals surface area contributed by atoms with Crippen LogP contribution >= 0.6 is 11.8 Å². The average molecular weight is 498 g/mol. The number of amides is 3. The first-order chi connectivity index (χ1) is 16.7. The molecule has 0 unspecified atom stereocenters. The molecule has 3 amide bonds. The number of carbonyl (C=O) groups excluding carboxylic acids is 3. The van der Waals surface area contributed by atoms with Crippen molar-refractivity contribution in [1.29, 1.82) is 5.41 Å². The number of aliphatic carboxylic acids is 1. The molecular formula is C24H27N5O5S. The summed E-state index contributed by atoms with van der Waals surface area (Å²) in [6, 6.07) is 13.5. The van der Waals surface area contributed by atoms with E-state index in [9.17, 15) is 19.2 Å². The van der Waals surface area contributed by atoms with Crippen LogP contribution in [0.3, 0.4) is 0 Å². The number of thioether (sulfide) groups is 1. The summed E-state index contributed by atoms with van der Waals surface area (Å²) in [5, 5.41) is 21.7. The number of carboxylic acids is 1. The fourth-order valence-electron chi connectivity index (χ4n) is 3.48. The molecule has 0 aromatic heterocycles. The molecule has 1 atom stereocenters. The minimum atomic E-state index is -1.09. The minimum Gasteiger partial charge on any atom is -0.481 e. The zero-order valence-corrected chi connectivity index (χ0v) is 19.8. The number of hydrogen-bond acceptors (Lipinski definition) is 6. The lowest BCUT2D eigenvalue weighted by molar-refractivity contribution is -0.139. The van der Waals surface area contributed by atoms with Gasteiger partial charge >= 0.3 is 5.97 Å². The van der Waals surface area contributed by atoms with Gasteiger partial charge in [0.2, 0.25) is 17.7 Å². The molecule has 10 nitrogen and oxygen atoms in total. The second-order valence-corrected chi connectivity index (χ2v) is 8.98. The minimum absolute atomic E-state index is 0.0301. The van der Waals surface area contributed by atoms with Gasteiger partial charge in [-0.1, -0.05) is 36.4 Å². The summed E-state index contributed by atoms with van der Waals surface area (Å²) in [7, 11) is 0. The number of benzene rings is 2. The second-order valence-electron chi connectivity index (χ2n) is 7.92. The van der Waals surface area contributed by atoms with Gasteiger partial charge in [0, 0.05) is 42.1 Å². The molecule has 0 saturated heterocycles. The lowest BCUT2D eigenvalue weighted by atomic mass is 10.1. The molecule has 3 rings (SSSR count). The molecule has 0 fully saturated rings. The number of carboxylic acid groups (broad SMARTS) is 1. The van der Waals surface area contributed by atoms with Crippen LogP contribution in [0.25, 0.3) is 0 Å². The van der Waals surface area contributed by atoms with Gasteiger partial charge in [-0.3, -0.25) is 24.6 Å². The molecule has 2 aromatic carbocycles. The Kier molecular flexibility index (Phi) is 8.85. The highest BCUT2D eigenvalue weighted by molar-refractivity contribution is 7.99. The molecule has 1 heterocycles. The third-order valence-electron chi connectivity index (χ3n) is 5.34. The van der Waals surface area contributed by atoms with Crippen molar-refractivity contribution in [3.63, 3.8) is 0 Å². The van der Waals surface area contributed by atoms with Crippen LogP contribution in [0.4, 0.5) is 5.69 Å². The second kappa shape index (κ2) is 12.0. The first kappa shape index (κ1) is 25.8. The molecule has 0 radical (unpaired) electrons. The standard InChI is InChI=1S/C24H27N5O5S/c25-23(26)16-7-5-15(6-8-16)13-27-20(30)11-12-29-18-3-1-2-4-19(18)35-14-17(24(29)34)28-21(31)9-10-22(32)33/h1-8,17H,9-14H2,(H3,25,26)(H,27,30)(H,28,31)(H,32,33)/t17-/m1/s1. The van der Waals surface area contributed by atoms with Crippen molar-refractivity contribution in [3.05, 3.63) is 59.7 Å². The number of hydrogen-bond donors (Lipinski definition) is 5. The quantitative estimate of drug-likeness (QED) is 0.245. The van der Waals surface area contributed by atoms with Crippen LogP contribution in [0, 0.1) is 5.41 Å². The molecule has 0 aliphatic carbocycles. The molecule has 6 N–H and O–H groups in total. The zero-order valence-electron chi connectivity index (χ0n) is 19.0. The largest absolute Gasteiger partial charge is 0.481 e. The van der Waals surface area contributed by atoms with Crippen molar-refractivity contribution in [2.24, 2.45) is 5.73 Å². The van der Waals surface area contributed by atoms with Crippen LogP contribution in [0.15, 0.2) is 53.4 Å². The maximum Gasteiger partial charge on any atom is 0.303 e. The van der Waals surface area contributed by atoms with Crippen molar-refractivity contribution in [2.75, 3.05) is 17.2 Å². The first-order valence-electron chi connectivity index (χ1n) is 11.0. The van der Waals surface area contributed by atoms with E-state index in [2.05, 4.69) is 10.6 Å². The third-order valence-corrected chi connectivity index (χ3v) is 6.50. The molecule has 2 aromatic rings. The summed E-state index contributed by atoms with van der Waals surface area (Å²) in [5.74, 6) is -1.92. The number of amidine groups is 1. The van der Waals surface area contributed by atoms with E-state index < -0.39 is 17.9 Å². The van der Waals surface area contributed by atoms with Gasteiger partial charge in [0.25, 0.3) is 0 Å². The van der Waals surface area contributed by atoms with E-state index in [0.29, 0.717) is 23.5 Å². The van der Waals surface area contributed by atoms with Gasteiger partial charge in [-0.25, -0.2) is 0 Å². The Labute approximate surface area is 206 Å². The van der Waals surface area contributed by atoms with Crippen LogP contribution in [0.2, 0.25) is 0 Å². The van der Waals surface area contributed by atoms with Crippen LogP contribution in [-0.2, 0) is 25.7 Å². The molecule has 0 saturated carbocycles. The van der Waals surface area contributed by atoms with E-state index in [4.69, 9.17) is 16.2 Å². The third kappa shape index (κ3) is 7.31. The molecule has 11 heteroatoms. The fraction of sp³-hybridized carbons (Fsp3) is 0.292. The lowest BCUT2D eigenvalue weighted by Gasteiger charge is -2.25. The number of nitrogen functional groups attached to an aromatic ring is 1. The van der Waals surface area contributed by atoms with E-state index in [1.807, 2.05) is 12.1 Å². The van der Waals surface area contributed by atoms with Gasteiger partial charge in [0.1, 0.15) is 11.9 Å². The maximum absolute atomic E-state index is 13.3. The molecule has 0 bridgehead atoms. The molecule has 1 aliphatic rings. The Morgan fingerprint density at radius 2 is 1.77 bits per heavy atom. The SMILES string of the molecule is N=C(N)c1ccc(CNC(=O)CCN2C(=O)[C@H](NC(=O)CCC(=O)O)CSc3ccccc32)cc1. The summed E-state index contributed by atoms with van der Waals surface area (Å²) in [4.78, 5) is 51.1. The molecule has 1 aliphatic heterocycles. The first-order valence-corrected chi connectivity index (χ1v) is 12.0. The lowest BCUT2D eigenvalue weighted by Crippen LogP contribution is -2.50. The Bertz CT molecular complexity index is 1120. The molecule has 0 spiro atoms. The highest BCUT2D eigenvalue weighted by Crippen LogP contribution is 2.34. The van der Waals surface area contributed by atoms with Gasteiger partial charge in [-0.15, -0.1) is 11.8 Å². The number of nitrogens with two attached hydrogens (primary N) is 1. The number of para-hydroxylation sites is 1.